The Balaban J connectivity index is 1.32. The Bertz CT molecular complexity index is 1090. The zero-order chi connectivity index (χ0) is 20.0. The fourth-order valence-electron chi connectivity index (χ4n) is 3.51. The van der Waals surface area contributed by atoms with Gasteiger partial charge in [-0.05, 0) is 24.5 Å². The quantitative estimate of drug-likeness (QED) is 0.594. The number of halogens is 2. The molecule has 3 aromatic rings. The first kappa shape index (κ1) is 18.3. The van der Waals surface area contributed by atoms with Crippen LogP contribution in [0.2, 0.25) is 5.02 Å². The molecule has 2 aliphatic rings. The van der Waals surface area contributed by atoms with Crippen LogP contribution >= 0.6 is 11.6 Å². The molecule has 3 N–H and O–H groups in total. The van der Waals surface area contributed by atoms with E-state index < -0.39 is 5.67 Å². The Morgan fingerprint density at radius 1 is 1.31 bits per heavy atom. The van der Waals surface area contributed by atoms with Gasteiger partial charge in [0.05, 0.1) is 22.9 Å². The van der Waals surface area contributed by atoms with Crippen molar-refractivity contribution in [3.05, 3.63) is 41.3 Å². The van der Waals surface area contributed by atoms with Crippen LogP contribution in [0, 0.1) is 0 Å². The highest BCUT2D eigenvalue weighted by molar-refractivity contribution is 6.35. The Morgan fingerprint density at radius 3 is 3.00 bits per heavy atom. The van der Waals surface area contributed by atoms with Gasteiger partial charge in [0.1, 0.15) is 17.0 Å². The second-order valence-corrected chi connectivity index (χ2v) is 7.91. The minimum atomic E-state index is -1.10. The van der Waals surface area contributed by atoms with E-state index in [1.54, 1.807) is 18.6 Å². The highest BCUT2D eigenvalue weighted by Gasteiger charge is 2.52. The van der Waals surface area contributed by atoms with Crippen LogP contribution in [0.25, 0.3) is 11.0 Å². The van der Waals surface area contributed by atoms with Crippen LogP contribution in [0.1, 0.15) is 24.8 Å². The molecule has 0 spiro atoms. The van der Waals surface area contributed by atoms with Crippen LogP contribution in [0.4, 0.5) is 16.2 Å². The van der Waals surface area contributed by atoms with E-state index in [0.29, 0.717) is 48.4 Å². The second kappa shape index (κ2) is 6.93. The Kier molecular flexibility index (Phi) is 4.36. The van der Waals surface area contributed by atoms with Crippen molar-refractivity contribution >= 4 is 40.2 Å². The molecule has 2 fully saturated rings. The van der Waals surface area contributed by atoms with E-state index in [2.05, 4.69) is 35.8 Å². The number of amidine groups is 1. The highest BCUT2D eigenvalue weighted by atomic mass is 35.5. The van der Waals surface area contributed by atoms with Gasteiger partial charge in [-0.3, -0.25) is 0 Å². The van der Waals surface area contributed by atoms with Gasteiger partial charge >= 0.3 is 0 Å². The number of benzene rings is 1. The number of fused-ring (bicyclic) bond motifs is 1. The molecule has 1 aromatic carbocycles. The number of hydrazine groups is 1. The number of imidazole rings is 1. The molecular formula is C19H20ClFN8. The molecule has 3 heterocycles. The van der Waals surface area contributed by atoms with E-state index in [-0.39, 0.29) is 6.04 Å². The topological polar surface area (TPSA) is 94.1 Å². The molecule has 5 rings (SSSR count). The fourth-order valence-corrected chi connectivity index (χ4v) is 3.78. The summed E-state index contributed by atoms with van der Waals surface area (Å²) >= 11 is 6.50. The number of rotatable bonds is 5. The summed E-state index contributed by atoms with van der Waals surface area (Å²) in [6.45, 7) is 0.522. The fraction of sp³-hybridized carbons (Fsp3) is 0.368. The maximum Gasteiger partial charge on any atom is 0.227 e. The molecule has 8 nitrogen and oxygen atoms in total. The van der Waals surface area contributed by atoms with Gasteiger partial charge in [0.15, 0.2) is 5.82 Å². The van der Waals surface area contributed by atoms with Crippen LogP contribution in [0.5, 0.6) is 0 Å². The molecule has 1 unspecified atom stereocenters. The van der Waals surface area contributed by atoms with Gasteiger partial charge in [-0.2, -0.15) is 4.98 Å². The summed E-state index contributed by atoms with van der Waals surface area (Å²) in [6.07, 6.45) is 5.02. The number of nitrogens with one attached hydrogen (secondary N) is 3. The van der Waals surface area contributed by atoms with E-state index in [1.807, 2.05) is 24.1 Å². The number of aliphatic imine (C=N–C) groups is 1. The van der Waals surface area contributed by atoms with E-state index >= 15 is 0 Å². The van der Waals surface area contributed by atoms with Crippen molar-refractivity contribution < 1.29 is 4.39 Å². The average molecular weight is 415 g/mol. The summed E-state index contributed by atoms with van der Waals surface area (Å²) in [5.74, 6) is 1.72. The maximum absolute atomic E-state index is 14.2. The summed E-state index contributed by atoms with van der Waals surface area (Å²) < 4.78 is 14.2. The van der Waals surface area contributed by atoms with Gasteiger partial charge in [-0.1, -0.05) is 17.7 Å². The minimum Gasteiger partial charge on any atom is -0.345 e. The predicted octanol–water partition coefficient (Wildman–Crippen LogP) is 3.04. The smallest absolute Gasteiger partial charge is 0.227 e. The van der Waals surface area contributed by atoms with Crippen molar-refractivity contribution in [3.63, 3.8) is 0 Å². The van der Waals surface area contributed by atoms with Gasteiger partial charge in [0.2, 0.25) is 5.95 Å². The van der Waals surface area contributed by atoms with Crippen LogP contribution in [0.15, 0.2) is 35.7 Å². The number of aromatic amines is 1. The third-order valence-corrected chi connectivity index (χ3v) is 5.80. The summed E-state index contributed by atoms with van der Waals surface area (Å²) in [5, 5.41) is 0.611. The molecule has 150 valence electrons. The number of aromatic nitrogens is 4. The van der Waals surface area contributed by atoms with Crippen LogP contribution in [-0.4, -0.2) is 44.5 Å². The molecule has 1 aliphatic carbocycles. The number of nitrogens with zero attached hydrogens (tertiary/aromatic N) is 5. The summed E-state index contributed by atoms with van der Waals surface area (Å²) in [7, 11) is 1.89. The minimum absolute atomic E-state index is 0.232. The van der Waals surface area contributed by atoms with Gasteiger partial charge in [-0.15, -0.1) is 0 Å². The molecule has 1 saturated carbocycles. The number of hydrogen-bond acceptors (Lipinski definition) is 6. The molecule has 0 bridgehead atoms. The van der Waals surface area contributed by atoms with Crippen molar-refractivity contribution in [2.45, 2.75) is 37.5 Å². The van der Waals surface area contributed by atoms with Crippen LogP contribution in [0.3, 0.4) is 0 Å². The monoisotopic (exact) mass is 414 g/mol. The molecule has 1 atom stereocenters. The first-order valence-electron chi connectivity index (χ1n) is 9.44. The highest BCUT2D eigenvalue weighted by Crippen LogP contribution is 2.44. The summed E-state index contributed by atoms with van der Waals surface area (Å²) in [4.78, 5) is 22.6. The van der Waals surface area contributed by atoms with Crippen molar-refractivity contribution in [2.75, 3.05) is 11.9 Å². The second-order valence-electron chi connectivity index (χ2n) is 7.53. The summed E-state index contributed by atoms with van der Waals surface area (Å²) in [6, 6.07) is 5.41. The number of H-pyrrole nitrogens is 1. The molecular weight excluding hydrogens is 395 g/mol. The van der Waals surface area contributed by atoms with E-state index in [0.717, 1.165) is 16.6 Å². The number of alkyl halides is 1. The zero-order valence-electron chi connectivity index (χ0n) is 15.8. The third kappa shape index (κ3) is 3.51. The number of anilines is 1. The Morgan fingerprint density at radius 2 is 2.17 bits per heavy atom. The first-order valence-corrected chi connectivity index (χ1v) is 9.82. The van der Waals surface area contributed by atoms with E-state index in [1.165, 1.54) is 0 Å². The Hall–Kier alpha value is -2.78. The van der Waals surface area contributed by atoms with E-state index in [4.69, 9.17) is 11.6 Å². The first-order chi connectivity index (χ1) is 14.0. The molecule has 1 saturated heterocycles. The van der Waals surface area contributed by atoms with Gasteiger partial charge in [0, 0.05) is 32.3 Å². The Labute approximate surface area is 171 Å². The largest absolute Gasteiger partial charge is 0.345 e. The lowest BCUT2D eigenvalue weighted by molar-refractivity contribution is 0.235. The van der Waals surface area contributed by atoms with Crippen molar-refractivity contribution in [1.82, 2.24) is 30.8 Å². The standard InChI is InChI=1S/C19H20ClFN8/c1-29(9-11-2-3-12-17(16(11)20)24-10-23-12)18-22-7-4-14(26-18)25-15-8-13(27-28-15)19(21)5-6-19/h2-4,7,10,13,27H,5-6,8-9H2,1H3,(H,23,24)(H,22,25,26,28). The lowest BCUT2D eigenvalue weighted by Gasteiger charge is -2.18. The van der Waals surface area contributed by atoms with Crippen molar-refractivity contribution in [2.24, 2.45) is 4.99 Å². The molecule has 29 heavy (non-hydrogen) atoms. The van der Waals surface area contributed by atoms with Crippen molar-refractivity contribution in [3.8, 4) is 0 Å². The average Bonchev–Trinajstić information content (AvgIpc) is 3.12. The molecule has 2 aromatic heterocycles. The van der Waals surface area contributed by atoms with E-state index in [9.17, 15) is 4.39 Å². The van der Waals surface area contributed by atoms with Crippen LogP contribution < -0.4 is 15.8 Å². The van der Waals surface area contributed by atoms with Gasteiger partial charge < -0.3 is 15.3 Å². The molecule has 0 amide bonds. The zero-order valence-corrected chi connectivity index (χ0v) is 16.5. The van der Waals surface area contributed by atoms with Crippen molar-refractivity contribution in [1.29, 1.82) is 0 Å². The predicted molar refractivity (Wildman–Crippen MR) is 110 cm³/mol. The maximum atomic E-state index is 14.2. The normalized spacial score (nSPS) is 21.5. The molecule has 0 radical (unpaired) electrons. The molecule has 10 heteroatoms. The lowest BCUT2D eigenvalue weighted by atomic mass is 10.1. The molecule has 1 aliphatic heterocycles. The summed E-state index contributed by atoms with van der Waals surface area (Å²) in [5.41, 5.74) is 7.42. The SMILES string of the molecule is CN(Cc1ccc2[nH]cnc2c1Cl)c1nccc(N=C2CC(C3(F)CC3)NN2)n1. The lowest BCUT2D eigenvalue weighted by Crippen LogP contribution is -2.38. The van der Waals surface area contributed by atoms with Gasteiger partial charge in [0.25, 0.3) is 0 Å². The van der Waals surface area contributed by atoms with Gasteiger partial charge in [-0.25, -0.2) is 24.8 Å². The van der Waals surface area contributed by atoms with Crippen LogP contribution in [-0.2, 0) is 6.54 Å². The number of hydrogen-bond donors (Lipinski definition) is 3. The third-order valence-electron chi connectivity index (χ3n) is 5.38.